The molecule has 1 aromatic rings. The lowest BCUT2D eigenvalue weighted by molar-refractivity contribution is -0.143. The highest BCUT2D eigenvalue weighted by Crippen LogP contribution is 2.47. The first-order chi connectivity index (χ1) is 10.6. The minimum Gasteiger partial charge on any atom is -0.383 e. The largest absolute Gasteiger partial charge is 0.383 e. The normalized spacial score (nSPS) is 15.2. The summed E-state index contributed by atoms with van der Waals surface area (Å²) in [5.74, 6) is -0.262. The van der Waals surface area contributed by atoms with E-state index in [-0.39, 0.29) is 11.8 Å². The van der Waals surface area contributed by atoms with Crippen molar-refractivity contribution in [2.24, 2.45) is 5.41 Å². The van der Waals surface area contributed by atoms with Crippen LogP contribution in [0.5, 0.6) is 0 Å². The number of aromatic nitrogens is 1. The first-order valence-electron chi connectivity index (χ1n) is 7.52. The van der Waals surface area contributed by atoms with Gasteiger partial charge in [-0.2, -0.15) is 0 Å². The number of carbonyl (C=O) groups excluding carboxylic acids is 2. The van der Waals surface area contributed by atoms with Crippen molar-refractivity contribution in [1.29, 1.82) is 0 Å². The van der Waals surface area contributed by atoms with Gasteiger partial charge >= 0.3 is 0 Å². The summed E-state index contributed by atoms with van der Waals surface area (Å²) in [4.78, 5) is 30.4. The Morgan fingerprint density at radius 3 is 2.64 bits per heavy atom. The van der Waals surface area contributed by atoms with Crippen LogP contribution in [0.4, 0.5) is 0 Å². The second-order valence-corrected chi connectivity index (χ2v) is 5.66. The maximum absolute atomic E-state index is 12.5. The van der Waals surface area contributed by atoms with E-state index < -0.39 is 5.41 Å². The van der Waals surface area contributed by atoms with Gasteiger partial charge in [0.05, 0.1) is 6.61 Å². The van der Waals surface area contributed by atoms with Gasteiger partial charge < -0.3 is 15.0 Å². The van der Waals surface area contributed by atoms with Crippen LogP contribution in [0.25, 0.3) is 0 Å². The number of hydrogen-bond acceptors (Lipinski definition) is 4. The fourth-order valence-electron chi connectivity index (χ4n) is 2.41. The smallest absolute Gasteiger partial charge is 0.238 e. The van der Waals surface area contributed by atoms with E-state index in [1.165, 1.54) is 0 Å². The molecule has 0 saturated heterocycles. The number of amides is 2. The Morgan fingerprint density at radius 1 is 1.36 bits per heavy atom. The number of rotatable bonds is 8. The molecule has 0 aliphatic heterocycles. The van der Waals surface area contributed by atoms with Gasteiger partial charge in [0.2, 0.25) is 11.8 Å². The second kappa shape index (κ2) is 7.35. The summed E-state index contributed by atoms with van der Waals surface area (Å²) in [6, 6.07) is 3.87. The quantitative estimate of drug-likeness (QED) is 0.565. The van der Waals surface area contributed by atoms with E-state index in [0.29, 0.717) is 32.5 Å². The highest BCUT2D eigenvalue weighted by molar-refractivity contribution is 6.07. The molecule has 0 radical (unpaired) electrons. The lowest BCUT2D eigenvalue weighted by Gasteiger charge is -2.23. The van der Waals surface area contributed by atoms with Crippen molar-refractivity contribution >= 4 is 11.8 Å². The van der Waals surface area contributed by atoms with Crippen molar-refractivity contribution in [2.45, 2.75) is 19.3 Å². The predicted octanol–water partition coefficient (Wildman–Crippen LogP) is 0.625. The lowest BCUT2D eigenvalue weighted by Crippen LogP contribution is -2.45. The summed E-state index contributed by atoms with van der Waals surface area (Å²) in [7, 11) is 3.34. The van der Waals surface area contributed by atoms with Crippen LogP contribution in [0.3, 0.4) is 0 Å². The molecule has 120 valence electrons. The van der Waals surface area contributed by atoms with Crippen LogP contribution in [0.15, 0.2) is 24.5 Å². The van der Waals surface area contributed by atoms with E-state index in [0.717, 1.165) is 12.0 Å². The summed E-state index contributed by atoms with van der Waals surface area (Å²) in [5.41, 5.74) is 0.282. The number of nitrogens with one attached hydrogen (secondary N) is 1. The maximum Gasteiger partial charge on any atom is 0.238 e. The molecule has 0 unspecified atom stereocenters. The lowest BCUT2D eigenvalue weighted by atomic mass is 10.0. The fraction of sp³-hybridized carbons (Fsp3) is 0.562. The average molecular weight is 305 g/mol. The highest BCUT2D eigenvalue weighted by atomic mass is 16.5. The molecule has 6 nitrogen and oxygen atoms in total. The summed E-state index contributed by atoms with van der Waals surface area (Å²) in [6.45, 7) is 1.48. The standard InChI is InChI=1S/C16H23N3O3/c1-19(11-5-13-3-8-17-9-4-13)15(21)16(6-7-16)14(20)18-10-12-22-2/h3-4,8-9H,5-7,10-12H2,1-2H3,(H,18,20). The Kier molecular flexibility index (Phi) is 5.49. The van der Waals surface area contributed by atoms with Crippen LogP contribution < -0.4 is 5.32 Å². The Hall–Kier alpha value is -1.95. The molecule has 1 aliphatic rings. The van der Waals surface area contributed by atoms with Crippen molar-refractivity contribution in [3.63, 3.8) is 0 Å². The molecule has 1 N–H and O–H groups in total. The van der Waals surface area contributed by atoms with E-state index in [9.17, 15) is 9.59 Å². The number of pyridine rings is 1. The second-order valence-electron chi connectivity index (χ2n) is 5.66. The van der Waals surface area contributed by atoms with Crippen LogP contribution in [0, 0.1) is 5.41 Å². The molecule has 22 heavy (non-hydrogen) atoms. The van der Waals surface area contributed by atoms with E-state index in [1.54, 1.807) is 31.5 Å². The van der Waals surface area contributed by atoms with Crippen LogP contribution in [-0.4, -0.2) is 55.6 Å². The van der Waals surface area contributed by atoms with Gasteiger partial charge in [0.25, 0.3) is 0 Å². The summed E-state index contributed by atoms with van der Waals surface area (Å²) in [6.07, 6.45) is 5.49. The molecule has 0 atom stereocenters. The van der Waals surface area contributed by atoms with Gasteiger partial charge in [-0.25, -0.2) is 0 Å². The number of hydrogen-bond donors (Lipinski definition) is 1. The predicted molar refractivity (Wildman–Crippen MR) is 82.1 cm³/mol. The van der Waals surface area contributed by atoms with Gasteiger partial charge in [-0.15, -0.1) is 0 Å². The van der Waals surface area contributed by atoms with Crippen molar-refractivity contribution in [1.82, 2.24) is 15.2 Å². The molecular formula is C16H23N3O3. The minimum absolute atomic E-state index is 0.0866. The zero-order valence-corrected chi connectivity index (χ0v) is 13.2. The summed E-state index contributed by atoms with van der Waals surface area (Å²) in [5, 5.41) is 2.78. The van der Waals surface area contributed by atoms with Crippen LogP contribution >= 0.6 is 0 Å². The molecule has 1 aliphatic carbocycles. The molecule has 1 saturated carbocycles. The Balaban J connectivity index is 1.85. The molecule has 1 heterocycles. The van der Waals surface area contributed by atoms with E-state index >= 15 is 0 Å². The molecule has 0 spiro atoms. The third-order valence-electron chi connectivity index (χ3n) is 4.02. The van der Waals surface area contributed by atoms with Gasteiger partial charge in [-0.1, -0.05) is 0 Å². The molecule has 1 fully saturated rings. The Bertz CT molecular complexity index is 515. The third-order valence-corrected chi connectivity index (χ3v) is 4.02. The summed E-state index contributed by atoms with van der Waals surface area (Å²) < 4.78 is 4.91. The van der Waals surface area contributed by atoms with Crippen LogP contribution in [0.2, 0.25) is 0 Å². The molecule has 2 rings (SSSR count). The highest BCUT2D eigenvalue weighted by Gasteiger charge is 2.57. The maximum atomic E-state index is 12.5. The fourth-order valence-corrected chi connectivity index (χ4v) is 2.41. The first kappa shape index (κ1) is 16.4. The van der Waals surface area contributed by atoms with Gasteiger partial charge in [-0.05, 0) is 37.0 Å². The number of methoxy groups -OCH3 is 1. The molecule has 2 amide bonds. The van der Waals surface area contributed by atoms with Gasteiger partial charge in [-0.3, -0.25) is 14.6 Å². The molecule has 1 aromatic heterocycles. The summed E-state index contributed by atoms with van der Waals surface area (Å²) >= 11 is 0. The van der Waals surface area contributed by atoms with Crippen molar-refractivity contribution < 1.29 is 14.3 Å². The van der Waals surface area contributed by atoms with E-state index in [4.69, 9.17) is 4.74 Å². The van der Waals surface area contributed by atoms with E-state index in [1.807, 2.05) is 12.1 Å². The van der Waals surface area contributed by atoms with Gasteiger partial charge in [0.1, 0.15) is 5.41 Å². The molecule has 6 heteroatoms. The number of ether oxygens (including phenoxy) is 1. The molecule has 0 bridgehead atoms. The Morgan fingerprint density at radius 2 is 2.05 bits per heavy atom. The average Bonchev–Trinajstić information content (AvgIpc) is 3.35. The topological polar surface area (TPSA) is 71.5 Å². The number of nitrogens with zero attached hydrogens (tertiary/aromatic N) is 2. The number of likely N-dealkylation sites (N-methyl/N-ethyl adjacent to an activating group) is 1. The Labute approximate surface area is 130 Å². The van der Waals surface area contributed by atoms with Gasteiger partial charge in [0, 0.05) is 39.6 Å². The van der Waals surface area contributed by atoms with Crippen molar-refractivity contribution in [2.75, 3.05) is 33.9 Å². The third kappa shape index (κ3) is 3.82. The van der Waals surface area contributed by atoms with Crippen LogP contribution in [-0.2, 0) is 20.7 Å². The molecular weight excluding hydrogens is 282 g/mol. The minimum atomic E-state index is -0.846. The SMILES string of the molecule is COCCNC(=O)C1(C(=O)N(C)CCc2ccncc2)CC1. The van der Waals surface area contributed by atoms with Crippen LogP contribution in [0.1, 0.15) is 18.4 Å². The zero-order valence-electron chi connectivity index (χ0n) is 13.2. The van der Waals surface area contributed by atoms with Crippen molar-refractivity contribution in [3.05, 3.63) is 30.1 Å². The van der Waals surface area contributed by atoms with E-state index in [2.05, 4.69) is 10.3 Å². The monoisotopic (exact) mass is 305 g/mol. The van der Waals surface area contributed by atoms with Gasteiger partial charge in [0.15, 0.2) is 0 Å². The number of carbonyl (C=O) groups is 2. The zero-order chi connectivity index (χ0) is 16.0. The van der Waals surface area contributed by atoms with Crippen molar-refractivity contribution in [3.8, 4) is 0 Å². The first-order valence-corrected chi connectivity index (χ1v) is 7.52. The molecule has 0 aromatic carbocycles.